The summed E-state index contributed by atoms with van der Waals surface area (Å²) in [5.74, 6) is -0.795. The number of fused-ring (bicyclic) bond motifs is 3. The minimum Gasteiger partial charge on any atom is -0.449 e. The summed E-state index contributed by atoms with van der Waals surface area (Å²) in [7, 11) is -0.704. The molecule has 3 aromatic carbocycles. The van der Waals surface area contributed by atoms with Crippen LogP contribution in [0.15, 0.2) is 90.4 Å². The molecule has 0 bridgehead atoms. The van der Waals surface area contributed by atoms with Crippen LogP contribution in [0.2, 0.25) is 0 Å². The summed E-state index contributed by atoms with van der Waals surface area (Å²) in [6, 6.07) is 23.4. The Bertz CT molecular complexity index is 1580. The number of ether oxygens (including phenoxy) is 1. The van der Waals surface area contributed by atoms with Gasteiger partial charge in [-0.3, -0.25) is 9.59 Å². The Morgan fingerprint density at radius 2 is 1.40 bits per heavy atom. The molecule has 218 valence electrons. The van der Waals surface area contributed by atoms with E-state index in [1.807, 2.05) is 58.0 Å². The Balaban J connectivity index is 1.17. The van der Waals surface area contributed by atoms with Crippen molar-refractivity contribution < 1.29 is 28.4 Å². The highest BCUT2D eigenvalue weighted by Crippen LogP contribution is 2.44. The molecule has 1 fully saturated rings. The number of nitrogens with zero attached hydrogens (tertiary/aromatic N) is 1. The van der Waals surface area contributed by atoms with Crippen molar-refractivity contribution in [2.24, 2.45) is 0 Å². The molecule has 3 aliphatic rings. The lowest BCUT2D eigenvalue weighted by atomic mass is 9.77. The normalized spacial score (nSPS) is 18.7. The highest BCUT2D eigenvalue weighted by Gasteiger charge is 2.52. The van der Waals surface area contributed by atoms with Gasteiger partial charge in [0, 0.05) is 24.6 Å². The number of amides is 3. The molecule has 0 radical (unpaired) electrons. The molecular weight excluding hydrogens is 543 g/mol. The molecule has 1 saturated heterocycles. The van der Waals surface area contributed by atoms with E-state index in [2.05, 4.69) is 29.6 Å². The molecule has 8 nitrogen and oxygen atoms in total. The monoisotopic (exact) mass is 576 g/mol. The van der Waals surface area contributed by atoms with Gasteiger partial charge in [-0.2, -0.15) is 0 Å². The fourth-order valence-electron chi connectivity index (χ4n) is 5.61. The average molecular weight is 576 g/mol. The molecule has 1 N–H and O–H groups in total. The zero-order chi connectivity index (χ0) is 30.4. The van der Waals surface area contributed by atoms with Crippen LogP contribution < -0.4 is 10.2 Å². The zero-order valence-electron chi connectivity index (χ0n) is 24.6. The van der Waals surface area contributed by atoms with Crippen LogP contribution in [0, 0.1) is 0 Å². The van der Waals surface area contributed by atoms with E-state index >= 15 is 0 Å². The molecule has 0 spiro atoms. The molecule has 0 unspecified atom stereocenters. The lowest BCUT2D eigenvalue weighted by Crippen LogP contribution is -2.41. The predicted octanol–water partition coefficient (Wildman–Crippen LogP) is 5.67. The van der Waals surface area contributed by atoms with Crippen LogP contribution in [-0.2, 0) is 23.6 Å². The molecule has 2 heterocycles. The minimum absolute atomic E-state index is 0.0423. The van der Waals surface area contributed by atoms with Crippen LogP contribution >= 0.6 is 0 Å². The third-order valence-corrected chi connectivity index (χ3v) is 8.65. The topological polar surface area (TPSA) is 94.2 Å². The first kappa shape index (κ1) is 28.6. The van der Waals surface area contributed by atoms with Crippen LogP contribution in [0.25, 0.3) is 17.2 Å². The third kappa shape index (κ3) is 5.42. The maximum absolute atomic E-state index is 13.0. The Hall–Kier alpha value is -4.47. The van der Waals surface area contributed by atoms with Gasteiger partial charge >= 0.3 is 13.2 Å². The standard InChI is InChI=1S/C34H33BN2O6/c1-33(2)34(3,4)43-35(42-33)23(19-22-13-15-24(16-14-22)37-30(38)17-18-31(37)39)20-36-32(40)41-21-29-27-11-7-5-9-25(27)26-10-6-8-12-28(26)29/h5-19,29H,20-21H2,1-4H3,(H,36,40). The van der Waals surface area contributed by atoms with Crippen molar-refractivity contribution in [3.8, 4) is 11.1 Å². The van der Waals surface area contributed by atoms with Gasteiger partial charge in [0.05, 0.1) is 16.9 Å². The van der Waals surface area contributed by atoms with Gasteiger partial charge in [-0.1, -0.05) is 66.7 Å². The summed E-state index contributed by atoms with van der Waals surface area (Å²) >= 11 is 0. The van der Waals surface area contributed by atoms with E-state index in [9.17, 15) is 14.4 Å². The summed E-state index contributed by atoms with van der Waals surface area (Å²) in [5.41, 5.74) is 5.42. The van der Waals surface area contributed by atoms with E-state index in [0.29, 0.717) is 11.2 Å². The molecular formula is C34H33BN2O6. The van der Waals surface area contributed by atoms with Gasteiger partial charge in [0.25, 0.3) is 11.8 Å². The molecule has 9 heteroatoms. The number of hydrogen-bond acceptors (Lipinski definition) is 6. The molecule has 6 rings (SSSR count). The van der Waals surface area contributed by atoms with Crippen LogP contribution in [0.4, 0.5) is 10.5 Å². The van der Waals surface area contributed by atoms with Gasteiger partial charge in [-0.25, -0.2) is 9.69 Å². The average Bonchev–Trinajstić information content (AvgIpc) is 3.57. The Labute approximate surface area is 251 Å². The number of carbonyl (C=O) groups is 3. The summed E-state index contributed by atoms with van der Waals surface area (Å²) in [6.45, 7) is 8.21. The highest BCUT2D eigenvalue weighted by molar-refractivity contribution is 6.56. The third-order valence-electron chi connectivity index (χ3n) is 8.65. The summed E-state index contributed by atoms with van der Waals surface area (Å²) < 4.78 is 18.3. The number of anilines is 1. The number of nitrogens with one attached hydrogen (secondary N) is 1. The lowest BCUT2D eigenvalue weighted by Gasteiger charge is -2.32. The van der Waals surface area contributed by atoms with Crippen molar-refractivity contribution in [1.82, 2.24) is 5.32 Å². The Morgan fingerprint density at radius 1 is 0.860 bits per heavy atom. The fraction of sp³-hybridized carbons (Fsp3) is 0.265. The van der Waals surface area contributed by atoms with Gasteiger partial charge in [-0.05, 0) is 73.1 Å². The van der Waals surface area contributed by atoms with Gasteiger partial charge in [0.2, 0.25) is 0 Å². The number of imide groups is 1. The van der Waals surface area contributed by atoms with E-state index in [1.54, 1.807) is 24.3 Å². The van der Waals surface area contributed by atoms with Crippen molar-refractivity contribution in [3.05, 3.63) is 107 Å². The highest BCUT2D eigenvalue weighted by atomic mass is 16.7. The van der Waals surface area contributed by atoms with Gasteiger partial charge in [0.15, 0.2) is 0 Å². The fourth-order valence-corrected chi connectivity index (χ4v) is 5.61. The van der Waals surface area contributed by atoms with E-state index < -0.39 is 24.4 Å². The molecule has 0 aromatic heterocycles. The first-order valence-corrected chi connectivity index (χ1v) is 14.4. The summed E-state index contributed by atoms with van der Waals surface area (Å²) in [5, 5.41) is 2.88. The smallest absolute Gasteiger partial charge is 0.449 e. The van der Waals surface area contributed by atoms with Crippen LogP contribution in [0.3, 0.4) is 0 Å². The molecule has 0 saturated carbocycles. The number of hydrogen-bond donors (Lipinski definition) is 1. The van der Waals surface area contributed by atoms with Gasteiger partial charge < -0.3 is 19.4 Å². The van der Waals surface area contributed by atoms with Gasteiger partial charge in [-0.15, -0.1) is 0 Å². The molecule has 3 aromatic rings. The van der Waals surface area contributed by atoms with Crippen LogP contribution in [0.1, 0.15) is 50.3 Å². The van der Waals surface area contributed by atoms with Crippen LogP contribution in [0.5, 0.6) is 0 Å². The number of carbonyl (C=O) groups excluding carboxylic acids is 3. The van der Waals surface area contributed by atoms with Crippen LogP contribution in [-0.4, -0.2) is 49.4 Å². The van der Waals surface area contributed by atoms with Crippen molar-refractivity contribution in [2.45, 2.75) is 44.8 Å². The largest absolute Gasteiger partial charge is 0.492 e. The second-order valence-electron chi connectivity index (χ2n) is 11.9. The Kier molecular flexibility index (Phi) is 7.32. The summed E-state index contributed by atoms with van der Waals surface area (Å²) in [6.07, 6.45) is 3.84. The maximum atomic E-state index is 13.0. The van der Waals surface area contributed by atoms with E-state index in [0.717, 1.165) is 21.6 Å². The molecule has 2 aliphatic heterocycles. The number of alkyl carbamates (subject to hydrolysis) is 1. The van der Waals surface area contributed by atoms with E-state index in [4.69, 9.17) is 14.0 Å². The van der Waals surface area contributed by atoms with Gasteiger partial charge in [0.1, 0.15) is 6.61 Å². The quantitative estimate of drug-likeness (QED) is 0.288. The van der Waals surface area contributed by atoms with Crippen molar-refractivity contribution in [3.63, 3.8) is 0 Å². The van der Waals surface area contributed by atoms with E-state index in [-0.39, 0.29) is 30.9 Å². The number of benzene rings is 3. The summed E-state index contributed by atoms with van der Waals surface area (Å²) in [4.78, 5) is 38.2. The lowest BCUT2D eigenvalue weighted by molar-refractivity contribution is -0.119. The minimum atomic E-state index is -0.704. The van der Waals surface area contributed by atoms with Crippen molar-refractivity contribution in [1.29, 1.82) is 0 Å². The molecule has 43 heavy (non-hydrogen) atoms. The maximum Gasteiger partial charge on any atom is 0.492 e. The van der Waals surface area contributed by atoms with Crippen molar-refractivity contribution >= 4 is 36.8 Å². The van der Waals surface area contributed by atoms with E-state index in [1.165, 1.54) is 23.3 Å². The van der Waals surface area contributed by atoms with Crippen molar-refractivity contribution in [2.75, 3.05) is 18.1 Å². The molecule has 0 atom stereocenters. The SMILES string of the molecule is CC1(C)OB(C(=Cc2ccc(N3C(=O)C=CC3=O)cc2)CNC(=O)OCC2c3ccccc3-c3ccccc32)OC1(C)C. The number of rotatable bonds is 7. The first-order valence-electron chi connectivity index (χ1n) is 14.4. The predicted molar refractivity (Wildman–Crippen MR) is 165 cm³/mol. The molecule has 1 aliphatic carbocycles. The zero-order valence-corrected chi connectivity index (χ0v) is 24.6. The second-order valence-corrected chi connectivity index (χ2v) is 11.9. The molecule has 3 amide bonds. The second kappa shape index (κ2) is 11.0. The first-order chi connectivity index (χ1) is 20.5. The Morgan fingerprint density at radius 3 is 1.95 bits per heavy atom.